The summed E-state index contributed by atoms with van der Waals surface area (Å²) in [5.41, 5.74) is 9.42. The fourth-order valence-corrected chi connectivity index (χ4v) is 5.52. The molecule has 0 bridgehead atoms. The summed E-state index contributed by atoms with van der Waals surface area (Å²) in [6.45, 7) is 3.71. The molecule has 2 heterocycles. The number of hydrogen-bond donors (Lipinski definition) is 3. The minimum absolute atomic E-state index is 0.107. The van der Waals surface area contributed by atoms with Gasteiger partial charge in [0.2, 0.25) is 5.95 Å². The van der Waals surface area contributed by atoms with E-state index in [1.54, 1.807) is 35.4 Å². The van der Waals surface area contributed by atoms with Crippen LogP contribution in [0, 0.1) is 0 Å². The molecule has 0 amide bonds. The number of hydrogen-bond acceptors (Lipinski definition) is 6. The van der Waals surface area contributed by atoms with Gasteiger partial charge >= 0.3 is 0 Å². The maximum Gasteiger partial charge on any atom is 0.264 e. The fraction of sp³-hybridized carbons (Fsp3) is 0.133. The fourth-order valence-electron chi connectivity index (χ4n) is 4.54. The molecule has 8 nitrogen and oxygen atoms in total. The van der Waals surface area contributed by atoms with E-state index in [1.807, 2.05) is 79.7 Å². The Morgan fingerprint density at radius 1 is 1.05 bits per heavy atom. The molecule has 0 aliphatic carbocycles. The molecule has 0 saturated carbocycles. The summed E-state index contributed by atoms with van der Waals surface area (Å²) in [6.07, 6.45) is 3.29. The van der Waals surface area contributed by atoms with Crippen LogP contribution in [-0.4, -0.2) is 30.4 Å². The minimum atomic E-state index is -2.33. The molecule has 10 heteroatoms. The second kappa shape index (κ2) is 11.0. The Kier molecular flexibility index (Phi) is 7.51. The number of para-hydroxylation sites is 1. The number of benzene rings is 3. The number of halogens is 1. The lowest BCUT2D eigenvalue weighted by Crippen LogP contribution is -2.26. The van der Waals surface area contributed by atoms with E-state index in [0.29, 0.717) is 33.2 Å². The first kappa shape index (κ1) is 27.2. The predicted molar refractivity (Wildman–Crippen MR) is 168 cm³/mol. The number of nitrogens with zero attached hydrogens (tertiary/aromatic N) is 3. The zero-order valence-corrected chi connectivity index (χ0v) is 23.8. The molecule has 3 aromatic carbocycles. The van der Waals surface area contributed by atoms with Crippen LogP contribution in [0.25, 0.3) is 27.6 Å². The number of anilines is 3. The van der Waals surface area contributed by atoms with Crippen molar-refractivity contribution in [3.05, 3.63) is 106 Å². The molecule has 5 rings (SSSR count). The summed E-state index contributed by atoms with van der Waals surface area (Å²) in [6, 6.07) is 24.0. The van der Waals surface area contributed by atoms with Crippen LogP contribution >= 0.6 is 11.6 Å². The van der Waals surface area contributed by atoms with Crippen LogP contribution in [0.15, 0.2) is 89.9 Å². The van der Waals surface area contributed by atoms with E-state index in [-0.39, 0.29) is 17.5 Å². The topological polar surface area (TPSA) is 115 Å². The maximum atomic E-state index is 13.8. The summed E-state index contributed by atoms with van der Waals surface area (Å²) in [5, 5.41) is 6.69. The Morgan fingerprint density at radius 2 is 1.80 bits per heavy atom. The zero-order chi connectivity index (χ0) is 28.4. The summed E-state index contributed by atoms with van der Waals surface area (Å²) >= 11 is 6.47. The number of nitrogens with two attached hydrogens (primary N) is 1. The summed E-state index contributed by atoms with van der Waals surface area (Å²) in [4.78, 5) is 22.5. The second-order valence-electron chi connectivity index (χ2n) is 9.43. The van der Waals surface area contributed by atoms with Crippen molar-refractivity contribution in [3.8, 4) is 16.8 Å². The Hall–Kier alpha value is -4.34. The predicted octanol–water partition coefficient (Wildman–Crippen LogP) is 5.92. The van der Waals surface area contributed by atoms with Gasteiger partial charge in [0.05, 0.1) is 16.5 Å². The SMILES string of the molecule is CC=S(C)(=O)Nc1cccc(-c2cnc(N)nc2NC(C)c2cc3cccc(Cl)c3c(=O)n2-c2ccccc2)c1. The van der Waals surface area contributed by atoms with Crippen molar-refractivity contribution >= 4 is 54.9 Å². The normalized spacial score (nSPS) is 13.4. The van der Waals surface area contributed by atoms with Gasteiger partial charge in [-0.15, -0.1) is 0 Å². The summed E-state index contributed by atoms with van der Waals surface area (Å²) in [7, 11) is -2.33. The molecule has 204 valence electrons. The van der Waals surface area contributed by atoms with E-state index in [1.165, 1.54) is 0 Å². The van der Waals surface area contributed by atoms with Crippen LogP contribution in [0.2, 0.25) is 5.02 Å². The molecule has 5 aromatic rings. The standard InChI is InChI=1S/C30H29ClN6O2S/c1-4-40(3,39)36-22-12-8-10-20(16-22)24-18-33-30(32)35-28(24)34-19(2)26-17-21-11-9-15-25(31)27(21)29(38)37(26)23-13-6-5-7-14-23/h4-19H,1-3H3,(H,36,39)(H3,32,33,34,35). The van der Waals surface area contributed by atoms with E-state index in [9.17, 15) is 9.00 Å². The summed E-state index contributed by atoms with van der Waals surface area (Å²) < 4.78 is 17.4. The quantitative estimate of drug-likeness (QED) is 0.209. The highest BCUT2D eigenvalue weighted by Crippen LogP contribution is 2.32. The molecule has 2 aromatic heterocycles. The molecule has 0 saturated heterocycles. The molecule has 40 heavy (non-hydrogen) atoms. The zero-order valence-electron chi connectivity index (χ0n) is 22.3. The van der Waals surface area contributed by atoms with E-state index in [4.69, 9.17) is 17.3 Å². The molecule has 0 spiro atoms. The van der Waals surface area contributed by atoms with Gasteiger partial charge in [-0.1, -0.05) is 54.1 Å². The highest BCUT2D eigenvalue weighted by atomic mass is 35.5. The molecular formula is C30H29ClN6O2S. The first-order valence-corrected chi connectivity index (χ1v) is 15.0. The second-order valence-corrected chi connectivity index (χ2v) is 12.3. The lowest BCUT2D eigenvalue weighted by atomic mass is 10.1. The molecule has 0 aliphatic rings. The largest absolute Gasteiger partial charge is 0.368 e. The monoisotopic (exact) mass is 572 g/mol. The van der Waals surface area contributed by atoms with Gasteiger partial charge in [-0.05, 0) is 66.6 Å². The minimum Gasteiger partial charge on any atom is -0.368 e. The smallest absolute Gasteiger partial charge is 0.264 e. The van der Waals surface area contributed by atoms with E-state index in [2.05, 4.69) is 20.0 Å². The van der Waals surface area contributed by atoms with Gasteiger partial charge < -0.3 is 15.8 Å². The third-order valence-electron chi connectivity index (χ3n) is 6.59. The van der Waals surface area contributed by atoms with Crippen LogP contribution in [0.4, 0.5) is 17.5 Å². The van der Waals surface area contributed by atoms with Crippen LogP contribution in [-0.2, 0) is 9.71 Å². The number of rotatable bonds is 7. The highest BCUT2D eigenvalue weighted by molar-refractivity contribution is 8.01. The van der Waals surface area contributed by atoms with Crippen molar-refractivity contribution in [1.29, 1.82) is 0 Å². The van der Waals surface area contributed by atoms with Crippen molar-refractivity contribution in [3.63, 3.8) is 0 Å². The van der Waals surface area contributed by atoms with Crippen LogP contribution < -0.4 is 21.3 Å². The average Bonchev–Trinajstić information content (AvgIpc) is 2.93. The van der Waals surface area contributed by atoms with E-state index in [0.717, 1.165) is 16.6 Å². The number of pyridine rings is 1. The Labute approximate surface area is 238 Å². The van der Waals surface area contributed by atoms with Crippen molar-refractivity contribution < 1.29 is 4.21 Å². The molecular weight excluding hydrogens is 544 g/mol. The van der Waals surface area contributed by atoms with Gasteiger partial charge in [0, 0.05) is 44.8 Å². The van der Waals surface area contributed by atoms with E-state index >= 15 is 0 Å². The molecule has 0 fully saturated rings. The maximum absolute atomic E-state index is 13.8. The average molecular weight is 573 g/mol. The van der Waals surface area contributed by atoms with Crippen molar-refractivity contribution in [2.75, 3.05) is 22.0 Å². The van der Waals surface area contributed by atoms with Gasteiger partial charge in [-0.2, -0.15) is 4.98 Å². The Balaban J connectivity index is 1.62. The number of nitrogens with one attached hydrogen (secondary N) is 2. The lowest BCUT2D eigenvalue weighted by Gasteiger charge is -2.23. The number of fused-ring (bicyclic) bond motifs is 1. The lowest BCUT2D eigenvalue weighted by molar-refractivity contribution is 0.688. The molecule has 2 atom stereocenters. The van der Waals surface area contributed by atoms with Gasteiger partial charge in [-0.3, -0.25) is 9.36 Å². The summed E-state index contributed by atoms with van der Waals surface area (Å²) in [5.74, 6) is 0.602. The number of aromatic nitrogens is 3. The highest BCUT2D eigenvalue weighted by Gasteiger charge is 2.20. The van der Waals surface area contributed by atoms with E-state index < -0.39 is 9.71 Å². The molecule has 0 radical (unpaired) electrons. The molecule has 4 N–H and O–H groups in total. The van der Waals surface area contributed by atoms with Crippen LogP contribution in [0.5, 0.6) is 0 Å². The van der Waals surface area contributed by atoms with Crippen molar-refractivity contribution in [2.45, 2.75) is 19.9 Å². The van der Waals surface area contributed by atoms with Crippen LogP contribution in [0.1, 0.15) is 25.6 Å². The van der Waals surface area contributed by atoms with Gasteiger partial charge in [0.15, 0.2) is 0 Å². The third kappa shape index (κ3) is 5.52. The van der Waals surface area contributed by atoms with Crippen LogP contribution in [0.3, 0.4) is 0 Å². The Morgan fingerprint density at radius 3 is 2.55 bits per heavy atom. The Bertz CT molecular complexity index is 1900. The van der Waals surface area contributed by atoms with Crippen molar-refractivity contribution in [1.82, 2.24) is 14.5 Å². The third-order valence-corrected chi connectivity index (χ3v) is 8.44. The van der Waals surface area contributed by atoms with Gasteiger partial charge in [0.1, 0.15) is 5.82 Å². The molecule has 2 unspecified atom stereocenters. The molecule has 0 aliphatic heterocycles. The first-order valence-electron chi connectivity index (χ1n) is 12.6. The number of nitrogen functional groups attached to an aromatic ring is 1. The first-order chi connectivity index (χ1) is 19.2. The van der Waals surface area contributed by atoms with Gasteiger partial charge in [0.25, 0.3) is 5.56 Å². The van der Waals surface area contributed by atoms with Crippen molar-refractivity contribution in [2.24, 2.45) is 0 Å². The van der Waals surface area contributed by atoms with Gasteiger partial charge in [-0.25, -0.2) is 9.19 Å².